The molecule has 0 spiro atoms. The Labute approximate surface area is 167 Å². The first-order valence-corrected chi connectivity index (χ1v) is 9.44. The van der Waals surface area contributed by atoms with E-state index in [4.69, 9.17) is 14.2 Å². The number of nitrogens with zero attached hydrogens (tertiary/aromatic N) is 1. The van der Waals surface area contributed by atoms with Crippen LogP contribution < -0.4 is 15.0 Å². The van der Waals surface area contributed by atoms with Crippen molar-refractivity contribution in [3.05, 3.63) is 64.2 Å². The third-order valence-electron chi connectivity index (χ3n) is 4.72. The molecule has 29 heavy (non-hydrogen) atoms. The quantitative estimate of drug-likeness (QED) is 0.668. The van der Waals surface area contributed by atoms with E-state index in [1.807, 2.05) is 26.0 Å². The van der Waals surface area contributed by atoms with Crippen LogP contribution in [0.4, 0.5) is 0 Å². The molecule has 1 N–H and O–H groups in total. The summed E-state index contributed by atoms with van der Waals surface area (Å²) in [5, 5.41) is 0.485. The zero-order chi connectivity index (χ0) is 20.6. The van der Waals surface area contributed by atoms with E-state index in [1.165, 1.54) is 0 Å². The second-order valence-corrected chi connectivity index (χ2v) is 7.67. The summed E-state index contributed by atoms with van der Waals surface area (Å²) in [6.07, 6.45) is 0.0576. The van der Waals surface area contributed by atoms with Crippen molar-refractivity contribution in [3.63, 3.8) is 0 Å². The number of ether oxygens (including phenoxy) is 3. The minimum absolute atomic E-state index is 0.274. The molecule has 150 valence electrons. The van der Waals surface area contributed by atoms with Crippen LogP contribution in [0, 0.1) is 0 Å². The summed E-state index contributed by atoms with van der Waals surface area (Å²) in [5.74, 6) is 0.893. The number of para-hydroxylation sites is 2. The van der Waals surface area contributed by atoms with Gasteiger partial charge in [0, 0.05) is 12.0 Å². The van der Waals surface area contributed by atoms with E-state index in [2.05, 4.69) is 9.97 Å². The average molecular weight is 394 g/mol. The first-order valence-electron chi connectivity index (χ1n) is 9.44. The molecule has 1 aromatic heterocycles. The largest absolute Gasteiger partial charge is 0.483 e. The Kier molecular flexibility index (Phi) is 4.74. The molecule has 4 rings (SSSR count). The van der Waals surface area contributed by atoms with Crippen molar-refractivity contribution in [2.75, 3.05) is 6.61 Å². The molecular weight excluding hydrogens is 372 g/mol. The van der Waals surface area contributed by atoms with Crippen LogP contribution >= 0.6 is 0 Å². The molecule has 2 aromatic carbocycles. The molecule has 0 fully saturated rings. The van der Waals surface area contributed by atoms with Crippen molar-refractivity contribution in [2.45, 2.75) is 38.9 Å². The van der Waals surface area contributed by atoms with Gasteiger partial charge < -0.3 is 19.2 Å². The molecule has 0 bridgehead atoms. The van der Waals surface area contributed by atoms with E-state index in [0.29, 0.717) is 22.4 Å². The summed E-state index contributed by atoms with van der Waals surface area (Å²) in [6.45, 7) is 5.38. The second-order valence-electron chi connectivity index (χ2n) is 7.67. The van der Waals surface area contributed by atoms with Crippen molar-refractivity contribution in [1.82, 2.24) is 9.97 Å². The summed E-state index contributed by atoms with van der Waals surface area (Å²) in [7, 11) is 0. The Morgan fingerprint density at radius 1 is 1.24 bits per heavy atom. The number of nitrogens with one attached hydrogen (secondary N) is 1. The van der Waals surface area contributed by atoms with Gasteiger partial charge in [0.05, 0.1) is 10.9 Å². The highest BCUT2D eigenvalue weighted by Crippen LogP contribution is 2.41. The molecule has 7 heteroatoms. The van der Waals surface area contributed by atoms with E-state index in [1.54, 1.807) is 37.3 Å². The molecule has 0 unspecified atom stereocenters. The highest BCUT2D eigenvalue weighted by Gasteiger charge is 2.32. The van der Waals surface area contributed by atoms with Crippen LogP contribution in [0.25, 0.3) is 10.9 Å². The first kappa shape index (κ1) is 19.0. The maximum absolute atomic E-state index is 12.3. The number of H-pyrrole nitrogens is 1. The predicted molar refractivity (Wildman–Crippen MR) is 107 cm³/mol. The number of aromatic amines is 1. The molecular formula is C22H22N2O5. The van der Waals surface area contributed by atoms with Crippen LogP contribution in [0.5, 0.6) is 11.5 Å². The summed E-state index contributed by atoms with van der Waals surface area (Å²) in [5.41, 5.74) is 1.02. The van der Waals surface area contributed by atoms with Crippen LogP contribution in [0.1, 0.15) is 38.3 Å². The highest BCUT2D eigenvalue weighted by molar-refractivity contribution is 5.77. The number of carbonyl (C=O) groups excluding carboxylic acids is 1. The lowest BCUT2D eigenvalue weighted by atomic mass is 10.0. The summed E-state index contributed by atoms with van der Waals surface area (Å²) >= 11 is 0. The normalized spacial score (nSPS) is 15.4. The third kappa shape index (κ3) is 3.94. The smallest absolute Gasteiger partial charge is 0.344 e. The van der Waals surface area contributed by atoms with Crippen LogP contribution in [0.3, 0.4) is 0 Å². The molecule has 1 aliphatic rings. The third-order valence-corrected chi connectivity index (χ3v) is 4.72. The first-order chi connectivity index (χ1) is 13.8. The molecule has 1 atom stereocenters. The second kappa shape index (κ2) is 7.24. The summed E-state index contributed by atoms with van der Waals surface area (Å²) < 4.78 is 17.0. The molecule has 1 aliphatic heterocycles. The number of hydrogen-bond donors (Lipinski definition) is 1. The fourth-order valence-electron chi connectivity index (χ4n) is 3.42. The Bertz CT molecular complexity index is 1140. The number of rotatable bonds is 5. The van der Waals surface area contributed by atoms with Crippen LogP contribution in [0.15, 0.2) is 47.3 Å². The maximum Gasteiger partial charge on any atom is 0.344 e. The lowest BCUT2D eigenvalue weighted by Crippen LogP contribution is -2.25. The zero-order valence-corrected chi connectivity index (χ0v) is 16.5. The van der Waals surface area contributed by atoms with Gasteiger partial charge in [-0.25, -0.2) is 9.78 Å². The van der Waals surface area contributed by atoms with Crippen molar-refractivity contribution >= 4 is 16.9 Å². The molecule has 7 nitrogen and oxygen atoms in total. The Morgan fingerprint density at radius 2 is 2.03 bits per heavy atom. The Hall–Kier alpha value is -3.35. The van der Waals surface area contributed by atoms with Gasteiger partial charge in [0.25, 0.3) is 5.56 Å². The van der Waals surface area contributed by atoms with Gasteiger partial charge in [-0.1, -0.05) is 24.3 Å². The van der Waals surface area contributed by atoms with E-state index >= 15 is 0 Å². The molecule has 0 saturated heterocycles. The van der Waals surface area contributed by atoms with Gasteiger partial charge in [-0.3, -0.25) is 4.79 Å². The number of aromatic nitrogens is 2. The van der Waals surface area contributed by atoms with E-state index in [-0.39, 0.29) is 23.6 Å². The summed E-state index contributed by atoms with van der Waals surface area (Å²) in [6, 6.07) is 12.6. The number of carbonyl (C=O) groups is 1. The lowest BCUT2D eigenvalue weighted by molar-refractivity contribution is -0.151. The van der Waals surface area contributed by atoms with E-state index in [0.717, 1.165) is 12.0 Å². The fraction of sp³-hybridized carbons (Fsp3) is 0.318. The van der Waals surface area contributed by atoms with E-state index in [9.17, 15) is 9.59 Å². The highest BCUT2D eigenvalue weighted by atomic mass is 16.6. The SMILES string of the molecule is C[C@@H](OC(=O)COc1cccc2c1OC(C)(C)C2)c1nc2ccccc2c(=O)[nH]1. The standard InChI is InChI=1S/C22H22N2O5/c1-13(20-23-16-9-5-4-8-15(16)21(26)24-20)28-18(25)12-27-17-10-6-7-14-11-22(2,3)29-19(14)17/h4-10,13H,11-12H2,1-3H3,(H,23,24,26)/t13-/m1/s1. The van der Waals surface area contributed by atoms with Crippen LogP contribution in [-0.2, 0) is 16.0 Å². The van der Waals surface area contributed by atoms with Crippen molar-refractivity contribution in [3.8, 4) is 11.5 Å². The average Bonchev–Trinajstić information content (AvgIpc) is 3.00. The van der Waals surface area contributed by atoms with Crippen molar-refractivity contribution < 1.29 is 19.0 Å². The van der Waals surface area contributed by atoms with Gasteiger partial charge >= 0.3 is 5.97 Å². The number of fused-ring (bicyclic) bond motifs is 2. The number of hydrogen-bond acceptors (Lipinski definition) is 6. The monoisotopic (exact) mass is 394 g/mol. The van der Waals surface area contributed by atoms with Gasteiger partial charge in [-0.2, -0.15) is 0 Å². The van der Waals surface area contributed by atoms with Crippen molar-refractivity contribution in [2.24, 2.45) is 0 Å². The van der Waals surface area contributed by atoms with Gasteiger partial charge in [0.1, 0.15) is 5.60 Å². The summed E-state index contributed by atoms with van der Waals surface area (Å²) in [4.78, 5) is 31.5. The molecule has 2 heterocycles. The van der Waals surface area contributed by atoms with Gasteiger partial charge in [-0.15, -0.1) is 0 Å². The fourth-order valence-corrected chi connectivity index (χ4v) is 3.42. The number of benzene rings is 2. The molecule has 0 radical (unpaired) electrons. The number of esters is 1. The molecule has 3 aromatic rings. The topological polar surface area (TPSA) is 90.5 Å². The minimum atomic E-state index is -0.722. The van der Waals surface area contributed by atoms with Gasteiger partial charge in [0.2, 0.25) is 0 Å². The minimum Gasteiger partial charge on any atom is -0.483 e. The maximum atomic E-state index is 12.3. The van der Waals surface area contributed by atoms with Crippen LogP contribution in [-0.4, -0.2) is 28.1 Å². The van der Waals surface area contributed by atoms with Gasteiger partial charge in [-0.05, 0) is 39.0 Å². The zero-order valence-electron chi connectivity index (χ0n) is 16.5. The lowest BCUT2D eigenvalue weighted by Gasteiger charge is -2.18. The predicted octanol–water partition coefficient (Wildman–Crippen LogP) is 3.32. The molecule has 0 saturated carbocycles. The Morgan fingerprint density at radius 3 is 2.86 bits per heavy atom. The van der Waals surface area contributed by atoms with Crippen LogP contribution in [0.2, 0.25) is 0 Å². The van der Waals surface area contributed by atoms with Gasteiger partial charge in [0.15, 0.2) is 30.0 Å². The molecule has 0 amide bonds. The Balaban J connectivity index is 1.42. The van der Waals surface area contributed by atoms with Crippen molar-refractivity contribution in [1.29, 1.82) is 0 Å². The molecule has 0 aliphatic carbocycles. The van der Waals surface area contributed by atoms with E-state index < -0.39 is 12.1 Å².